The molecular formula is C18H28N2O. The SMILES string of the molecule is CCN(CC)C(=O)CN1CCCC1Cc1ccc(C)cc1. The molecule has 1 amide bonds. The van der Waals surface area contributed by atoms with E-state index in [0.717, 1.165) is 26.1 Å². The Morgan fingerprint density at radius 2 is 1.90 bits per heavy atom. The van der Waals surface area contributed by atoms with Gasteiger partial charge in [-0.1, -0.05) is 29.8 Å². The first-order chi connectivity index (χ1) is 10.1. The third-order valence-electron chi connectivity index (χ3n) is 4.55. The van der Waals surface area contributed by atoms with Gasteiger partial charge in [0.25, 0.3) is 0 Å². The van der Waals surface area contributed by atoms with Crippen LogP contribution in [0.5, 0.6) is 0 Å². The van der Waals surface area contributed by atoms with E-state index in [0.29, 0.717) is 12.6 Å². The number of amides is 1. The number of aryl methyl sites for hydroxylation is 1. The number of likely N-dealkylation sites (N-methyl/N-ethyl adjacent to an activating group) is 1. The van der Waals surface area contributed by atoms with Crippen LogP contribution in [0.25, 0.3) is 0 Å². The standard InChI is InChI=1S/C18H28N2O/c1-4-19(5-2)18(21)14-20-12-6-7-17(20)13-16-10-8-15(3)9-11-16/h8-11,17H,4-7,12-14H2,1-3H3. The number of hydrogen-bond donors (Lipinski definition) is 0. The summed E-state index contributed by atoms with van der Waals surface area (Å²) in [7, 11) is 0. The summed E-state index contributed by atoms with van der Waals surface area (Å²) < 4.78 is 0. The lowest BCUT2D eigenvalue weighted by Gasteiger charge is -2.27. The molecule has 1 aliphatic rings. The molecule has 1 fully saturated rings. The Hall–Kier alpha value is -1.35. The maximum Gasteiger partial charge on any atom is 0.236 e. The highest BCUT2D eigenvalue weighted by Gasteiger charge is 2.27. The van der Waals surface area contributed by atoms with E-state index in [1.807, 2.05) is 4.90 Å². The minimum Gasteiger partial charge on any atom is -0.342 e. The Morgan fingerprint density at radius 1 is 1.24 bits per heavy atom. The summed E-state index contributed by atoms with van der Waals surface area (Å²) in [5.74, 6) is 0.274. The smallest absolute Gasteiger partial charge is 0.236 e. The van der Waals surface area contributed by atoms with Gasteiger partial charge < -0.3 is 4.90 Å². The fourth-order valence-electron chi connectivity index (χ4n) is 3.18. The zero-order valence-electron chi connectivity index (χ0n) is 13.6. The normalized spacial score (nSPS) is 18.9. The van der Waals surface area contributed by atoms with Gasteiger partial charge in [0.1, 0.15) is 0 Å². The average molecular weight is 288 g/mol. The van der Waals surface area contributed by atoms with Gasteiger partial charge in [-0.15, -0.1) is 0 Å². The summed E-state index contributed by atoms with van der Waals surface area (Å²) in [4.78, 5) is 16.6. The topological polar surface area (TPSA) is 23.6 Å². The van der Waals surface area contributed by atoms with E-state index in [-0.39, 0.29) is 5.91 Å². The predicted molar refractivity (Wildman–Crippen MR) is 87.4 cm³/mol. The van der Waals surface area contributed by atoms with Gasteiger partial charge in [-0.25, -0.2) is 0 Å². The fourth-order valence-corrected chi connectivity index (χ4v) is 3.18. The molecule has 1 aromatic carbocycles. The maximum atomic E-state index is 12.3. The van der Waals surface area contributed by atoms with Crippen molar-refractivity contribution >= 4 is 5.91 Å². The molecule has 2 rings (SSSR count). The van der Waals surface area contributed by atoms with Gasteiger partial charge in [0, 0.05) is 19.1 Å². The van der Waals surface area contributed by atoms with E-state index in [9.17, 15) is 4.79 Å². The van der Waals surface area contributed by atoms with Crippen LogP contribution < -0.4 is 0 Å². The van der Waals surface area contributed by atoms with Crippen LogP contribution in [0.15, 0.2) is 24.3 Å². The van der Waals surface area contributed by atoms with E-state index in [2.05, 4.69) is 49.9 Å². The number of carbonyl (C=O) groups is 1. The van der Waals surface area contributed by atoms with Gasteiger partial charge in [-0.2, -0.15) is 0 Å². The van der Waals surface area contributed by atoms with Gasteiger partial charge in [0.05, 0.1) is 6.54 Å². The van der Waals surface area contributed by atoms with Gasteiger partial charge in [-0.05, 0) is 52.1 Å². The molecule has 3 nitrogen and oxygen atoms in total. The van der Waals surface area contributed by atoms with E-state index in [4.69, 9.17) is 0 Å². The zero-order valence-corrected chi connectivity index (χ0v) is 13.6. The highest BCUT2D eigenvalue weighted by molar-refractivity contribution is 5.78. The van der Waals surface area contributed by atoms with Crippen LogP contribution >= 0.6 is 0 Å². The third-order valence-corrected chi connectivity index (χ3v) is 4.55. The van der Waals surface area contributed by atoms with Crippen molar-refractivity contribution in [3.05, 3.63) is 35.4 Å². The molecule has 0 saturated carbocycles. The van der Waals surface area contributed by atoms with Gasteiger partial charge >= 0.3 is 0 Å². The molecule has 1 aliphatic heterocycles. The molecule has 0 aromatic heterocycles. The highest BCUT2D eigenvalue weighted by Crippen LogP contribution is 2.21. The summed E-state index contributed by atoms with van der Waals surface area (Å²) in [6.45, 7) is 9.48. The largest absolute Gasteiger partial charge is 0.342 e. The van der Waals surface area contributed by atoms with E-state index in [1.54, 1.807) is 0 Å². The van der Waals surface area contributed by atoms with Crippen LogP contribution in [0.1, 0.15) is 37.8 Å². The first kappa shape index (κ1) is 16.0. The second-order valence-electron chi connectivity index (χ2n) is 6.02. The summed E-state index contributed by atoms with van der Waals surface area (Å²) in [5, 5.41) is 0. The van der Waals surface area contributed by atoms with Crippen molar-refractivity contribution in [3.63, 3.8) is 0 Å². The van der Waals surface area contributed by atoms with Crippen molar-refractivity contribution in [1.29, 1.82) is 0 Å². The van der Waals surface area contributed by atoms with Gasteiger partial charge in [0.2, 0.25) is 5.91 Å². The second-order valence-corrected chi connectivity index (χ2v) is 6.02. The van der Waals surface area contributed by atoms with Crippen LogP contribution in [0.4, 0.5) is 0 Å². The average Bonchev–Trinajstić information content (AvgIpc) is 2.90. The lowest BCUT2D eigenvalue weighted by atomic mass is 10.0. The van der Waals surface area contributed by atoms with Crippen LogP contribution in [0.2, 0.25) is 0 Å². The number of likely N-dealkylation sites (tertiary alicyclic amines) is 1. The first-order valence-electron chi connectivity index (χ1n) is 8.21. The van der Waals surface area contributed by atoms with Crippen LogP contribution in [-0.2, 0) is 11.2 Å². The Bertz CT molecular complexity index is 451. The van der Waals surface area contributed by atoms with Crippen LogP contribution in [0.3, 0.4) is 0 Å². The van der Waals surface area contributed by atoms with Gasteiger partial charge in [0.15, 0.2) is 0 Å². The van der Waals surface area contributed by atoms with Crippen molar-refractivity contribution < 1.29 is 4.79 Å². The van der Waals surface area contributed by atoms with Crippen molar-refractivity contribution in [2.45, 2.75) is 46.1 Å². The summed E-state index contributed by atoms with van der Waals surface area (Å²) in [5.41, 5.74) is 2.69. The minimum absolute atomic E-state index is 0.274. The lowest BCUT2D eigenvalue weighted by Crippen LogP contribution is -2.42. The molecule has 0 radical (unpaired) electrons. The fraction of sp³-hybridized carbons (Fsp3) is 0.611. The van der Waals surface area contributed by atoms with Crippen LogP contribution in [0, 0.1) is 6.92 Å². The number of benzene rings is 1. The molecule has 21 heavy (non-hydrogen) atoms. The van der Waals surface area contributed by atoms with Crippen molar-refractivity contribution in [3.8, 4) is 0 Å². The summed E-state index contributed by atoms with van der Waals surface area (Å²) in [6.07, 6.45) is 3.48. The van der Waals surface area contributed by atoms with Crippen molar-refractivity contribution in [2.24, 2.45) is 0 Å². The molecule has 1 unspecified atom stereocenters. The molecule has 1 saturated heterocycles. The Labute approximate surface area is 128 Å². The molecule has 1 atom stereocenters. The number of carbonyl (C=O) groups excluding carboxylic acids is 1. The molecule has 3 heteroatoms. The quantitative estimate of drug-likeness (QED) is 0.803. The Kier molecular flexibility index (Phi) is 5.80. The molecule has 116 valence electrons. The summed E-state index contributed by atoms with van der Waals surface area (Å²) >= 11 is 0. The Balaban J connectivity index is 1.93. The molecule has 1 heterocycles. The minimum atomic E-state index is 0.274. The van der Waals surface area contributed by atoms with E-state index in [1.165, 1.54) is 24.0 Å². The summed E-state index contributed by atoms with van der Waals surface area (Å²) in [6, 6.07) is 9.31. The molecular weight excluding hydrogens is 260 g/mol. The maximum absolute atomic E-state index is 12.3. The van der Waals surface area contributed by atoms with Gasteiger partial charge in [-0.3, -0.25) is 9.69 Å². The molecule has 0 N–H and O–H groups in total. The number of rotatable bonds is 6. The molecule has 0 spiro atoms. The number of hydrogen-bond acceptors (Lipinski definition) is 2. The van der Waals surface area contributed by atoms with Crippen molar-refractivity contribution in [2.75, 3.05) is 26.2 Å². The predicted octanol–water partition coefficient (Wildman–Crippen LogP) is 2.87. The Morgan fingerprint density at radius 3 is 2.52 bits per heavy atom. The second kappa shape index (κ2) is 7.60. The monoisotopic (exact) mass is 288 g/mol. The lowest BCUT2D eigenvalue weighted by molar-refractivity contribution is -0.132. The molecule has 1 aromatic rings. The highest BCUT2D eigenvalue weighted by atomic mass is 16.2. The van der Waals surface area contributed by atoms with Crippen LogP contribution in [-0.4, -0.2) is 47.9 Å². The zero-order chi connectivity index (χ0) is 15.2. The van der Waals surface area contributed by atoms with E-state index >= 15 is 0 Å². The molecule has 0 bridgehead atoms. The van der Waals surface area contributed by atoms with Crippen molar-refractivity contribution in [1.82, 2.24) is 9.80 Å². The number of nitrogens with zero attached hydrogens (tertiary/aromatic N) is 2. The third kappa shape index (κ3) is 4.31. The first-order valence-corrected chi connectivity index (χ1v) is 8.21. The molecule has 0 aliphatic carbocycles. The van der Waals surface area contributed by atoms with E-state index < -0.39 is 0 Å².